The molecule has 0 amide bonds. The van der Waals surface area contributed by atoms with Crippen LogP contribution in [-0.2, 0) is 0 Å². The minimum Gasteiger partial charge on any atom is -0.495 e. The van der Waals surface area contributed by atoms with Crippen molar-refractivity contribution in [3.05, 3.63) is 77.6 Å². The minimum absolute atomic E-state index is 0.524. The maximum atomic E-state index is 6.29. The monoisotopic (exact) mass is 358 g/mol. The second-order valence-corrected chi connectivity index (χ2v) is 6.21. The van der Waals surface area contributed by atoms with Crippen LogP contribution in [0.4, 0.5) is 0 Å². The van der Waals surface area contributed by atoms with Gasteiger partial charge in [0.05, 0.1) is 28.9 Å². The van der Waals surface area contributed by atoms with E-state index in [0.29, 0.717) is 16.6 Å². The van der Waals surface area contributed by atoms with Crippen molar-refractivity contribution in [2.24, 2.45) is 0 Å². The van der Waals surface area contributed by atoms with Crippen LogP contribution in [0.1, 0.15) is 5.82 Å². The van der Waals surface area contributed by atoms with Gasteiger partial charge in [-0.05, 0) is 47.4 Å². The Bertz CT molecular complexity index is 1140. The van der Waals surface area contributed by atoms with E-state index in [0.717, 1.165) is 27.8 Å². The molecule has 1 aromatic heterocycles. The molecule has 0 aliphatic heterocycles. The van der Waals surface area contributed by atoms with Gasteiger partial charge >= 0.3 is 0 Å². The molecule has 0 unspecified atom stereocenters. The molecule has 1 heterocycles. The number of halogens is 1. The number of ether oxygens (including phenoxy) is 1. The molecule has 0 aliphatic carbocycles. The van der Waals surface area contributed by atoms with Crippen molar-refractivity contribution in [2.75, 3.05) is 7.11 Å². The highest BCUT2D eigenvalue weighted by Gasteiger charge is 2.13. The molecule has 0 spiro atoms. The van der Waals surface area contributed by atoms with Crippen LogP contribution in [0, 0.1) is 12.3 Å². The van der Waals surface area contributed by atoms with Gasteiger partial charge in [-0.2, -0.15) is 0 Å². The number of terminal acetylenes is 1. The van der Waals surface area contributed by atoms with Crippen LogP contribution in [-0.4, -0.2) is 16.7 Å². The quantitative estimate of drug-likeness (QED) is 0.462. The standard InChI is InChI=1S/C22H15ClN2O/c1-3-22-24-19-13-16(15-7-5-4-6-8-15)9-11-20(19)25(22)17-10-12-21(26-2)18(23)14-17/h1,4-14H,2H3. The Morgan fingerprint density at radius 1 is 1.00 bits per heavy atom. The van der Waals surface area contributed by atoms with E-state index < -0.39 is 0 Å². The van der Waals surface area contributed by atoms with Crippen LogP contribution in [0.5, 0.6) is 5.75 Å². The zero-order chi connectivity index (χ0) is 18.1. The van der Waals surface area contributed by atoms with Crippen LogP contribution >= 0.6 is 11.6 Å². The predicted octanol–water partition coefficient (Wildman–Crippen LogP) is 5.34. The lowest BCUT2D eigenvalue weighted by Crippen LogP contribution is -1.98. The fourth-order valence-electron chi connectivity index (χ4n) is 3.04. The smallest absolute Gasteiger partial charge is 0.190 e. The first-order chi connectivity index (χ1) is 12.7. The van der Waals surface area contributed by atoms with Crippen molar-refractivity contribution >= 4 is 22.6 Å². The van der Waals surface area contributed by atoms with Gasteiger partial charge in [0.25, 0.3) is 0 Å². The highest BCUT2D eigenvalue weighted by atomic mass is 35.5. The molecule has 4 rings (SSSR count). The molecular weight excluding hydrogens is 344 g/mol. The van der Waals surface area contributed by atoms with Gasteiger partial charge in [0.15, 0.2) is 5.82 Å². The van der Waals surface area contributed by atoms with E-state index in [1.165, 1.54) is 0 Å². The number of imidazole rings is 1. The number of hydrogen-bond donors (Lipinski definition) is 0. The Morgan fingerprint density at radius 3 is 2.50 bits per heavy atom. The number of hydrogen-bond acceptors (Lipinski definition) is 2. The largest absolute Gasteiger partial charge is 0.495 e. The summed E-state index contributed by atoms with van der Waals surface area (Å²) in [4.78, 5) is 4.62. The van der Waals surface area contributed by atoms with Gasteiger partial charge in [0.1, 0.15) is 5.75 Å². The Kier molecular flexibility index (Phi) is 4.12. The molecule has 0 N–H and O–H groups in total. The van der Waals surface area contributed by atoms with E-state index in [1.54, 1.807) is 7.11 Å². The Balaban J connectivity index is 1.90. The van der Waals surface area contributed by atoms with E-state index in [-0.39, 0.29) is 0 Å². The maximum absolute atomic E-state index is 6.29. The SMILES string of the molecule is C#Cc1nc2cc(-c3ccccc3)ccc2n1-c1ccc(OC)c(Cl)c1. The summed E-state index contributed by atoms with van der Waals surface area (Å²) in [6.07, 6.45) is 5.70. The molecule has 4 aromatic rings. The van der Waals surface area contributed by atoms with Gasteiger partial charge in [0, 0.05) is 0 Å². The van der Waals surface area contributed by atoms with E-state index in [9.17, 15) is 0 Å². The van der Waals surface area contributed by atoms with Crippen LogP contribution in [0.3, 0.4) is 0 Å². The number of fused-ring (bicyclic) bond motifs is 1. The fraction of sp³-hybridized carbons (Fsp3) is 0.0455. The average Bonchev–Trinajstić information content (AvgIpc) is 3.06. The number of nitrogens with zero attached hydrogens (tertiary/aromatic N) is 2. The molecule has 0 saturated carbocycles. The van der Waals surface area contributed by atoms with Crippen molar-refractivity contribution in [2.45, 2.75) is 0 Å². The Hall–Kier alpha value is -3.22. The zero-order valence-electron chi connectivity index (χ0n) is 14.1. The molecule has 3 nitrogen and oxygen atoms in total. The molecule has 0 fully saturated rings. The van der Waals surface area contributed by atoms with Gasteiger partial charge in [-0.3, -0.25) is 4.57 Å². The van der Waals surface area contributed by atoms with Crippen LogP contribution in [0.2, 0.25) is 5.02 Å². The molecule has 4 heteroatoms. The highest BCUT2D eigenvalue weighted by Crippen LogP contribution is 2.31. The van der Waals surface area contributed by atoms with Gasteiger partial charge in [-0.15, -0.1) is 6.42 Å². The zero-order valence-corrected chi connectivity index (χ0v) is 14.9. The summed E-state index contributed by atoms with van der Waals surface area (Å²) in [6, 6.07) is 21.9. The average molecular weight is 359 g/mol. The molecule has 0 aliphatic rings. The van der Waals surface area contributed by atoms with Crippen molar-refractivity contribution in [3.63, 3.8) is 0 Å². The second-order valence-electron chi connectivity index (χ2n) is 5.80. The summed E-state index contributed by atoms with van der Waals surface area (Å²) < 4.78 is 7.15. The maximum Gasteiger partial charge on any atom is 0.190 e. The fourth-order valence-corrected chi connectivity index (χ4v) is 3.29. The van der Waals surface area contributed by atoms with Crippen molar-refractivity contribution < 1.29 is 4.74 Å². The summed E-state index contributed by atoms with van der Waals surface area (Å²) in [5, 5.41) is 0.524. The molecule has 0 radical (unpaired) electrons. The molecule has 0 saturated heterocycles. The molecular formula is C22H15ClN2O. The second kappa shape index (κ2) is 6.59. The van der Waals surface area contributed by atoms with Gasteiger partial charge in [0.2, 0.25) is 0 Å². The first-order valence-electron chi connectivity index (χ1n) is 8.09. The molecule has 126 valence electrons. The summed E-state index contributed by atoms with van der Waals surface area (Å²) >= 11 is 6.29. The Morgan fingerprint density at radius 2 is 1.81 bits per heavy atom. The summed E-state index contributed by atoms with van der Waals surface area (Å²) in [5.74, 6) is 3.82. The number of aromatic nitrogens is 2. The van der Waals surface area contributed by atoms with Crippen LogP contribution in [0.15, 0.2) is 66.7 Å². The van der Waals surface area contributed by atoms with Crippen molar-refractivity contribution in [3.8, 4) is 34.9 Å². The number of rotatable bonds is 3. The third-order valence-electron chi connectivity index (χ3n) is 4.28. The van der Waals surface area contributed by atoms with Gasteiger partial charge < -0.3 is 4.74 Å². The summed E-state index contributed by atoms with van der Waals surface area (Å²) in [5.41, 5.74) is 4.85. The van der Waals surface area contributed by atoms with Crippen LogP contribution in [0.25, 0.3) is 27.8 Å². The van der Waals surface area contributed by atoms with Crippen molar-refractivity contribution in [1.29, 1.82) is 0 Å². The lowest BCUT2D eigenvalue weighted by Gasteiger charge is -2.09. The lowest BCUT2D eigenvalue weighted by atomic mass is 10.1. The molecule has 0 bridgehead atoms. The third kappa shape index (κ3) is 2.71. The lowest BCUT2D eigenvalue weighted by molar-refractivity contribution is 0.415. The topological polar surface area (TPSA) is 27.1 Å². The first kappa shape index (κ1) is 16.3. The van der Waals surface area contributed by atoms with E-state index in [4.69, 9.17) is 22.8 Å². The van der Waals surface area contributed by atoms with Gasteiger partial charge in [-0.25, -0.2) is 4.98 Å². The van der Waals surface area contributed by atoms with Crippen LogP contribution < -0.4 is 4.74 Å². The minimum atomic E-state index is 0.524. The molecule has 3 aromatic carbocycles. The summed E-state index contributed by atoms with van der Waals surface area (Å²) in [6.45, 7) is 0. The van der Waals surface area contributed by atoms with Crippen molar-refractivity contribution in [1.82, 2.24) is 9.55 Å². The van der Waals surface area contributed by atoms with E-state index >= 15 is 0 Å². The number of methoxy groups -OCH3 is 1. The van der Waals surface area contributed by atoms with E-state index in [1.807, 2.05) is 53.1 Å². The number of benzene rings is 3. The highest BCUT2D eigenvalue weighted by molar-refractivity contribution is 6.32. The normalized spacial score (nSPS) is 10.7. The van der Waals surface area contributed by atoms with Gasteiger partial charge in [-0.1, -0.05) is 48.0 Å². The summed E-state index contributed by atoms with van der Waals surface area (Å²) in [7, 11) is 1.59. The molecule has 0 atom stereocenters. The molecule has 26 heavy (non-hydrogen) atoms. The third-order valence-corrected chi connectivity index (χ3v) is 4.58. The predicted molar refractivity (Wildman–Crippen MR) is 106 cm³/mol. The van der Waals surface area contributed by atoms with E-state index in [2.05, 4.69) is 29.1 Å². The first-order valence-corrected chi connectivity index (χ1v) is 8.47. The Labute approximate surface area is 156 Å².